The van der Waals surface area contributed by atoms with Crippen LogP contribution in [0.4, 0.5) is 5.13 Å². The summed E-state index contributed by atoms with van der Waals surface area (Å²) in [6, 6.07) is 18.2. The molecule has 2 N–H and O–H groups in total. The van der Waals surface area contributed by atoms with Gasteiger partial charge in [-0.25, -0.2) is 4.98 Å². The fourth-order valence-corrected chi connectivity index (χ4v) is 4.60. The fraction of sp³-hybridized carbons (Fsp3) is 0.261. The molecular weight excluding hydrogens is 382 g/mol. The van der Waals surface area contributed by atoms with Crippen LogP contribution in [-0.2, 0) is 17.6 Å². The minimum Gasteiger partial charge on any atom is -0.345 e. The van der Waals surface area contributed by atoms with Crippen molar-refractivity contribution in [1.82, 2.24) is 10.3 Å². The Labute approximate surface area is 174 Å². The molecule has 5 nitrogen and oxygen atoms in total. The lowest BCUT2D eigenvalue weighted by atomic mass is 10.0. The highest BCUT2D eigenvalue weighted by Crippen LogP contribution is 2.30. The first-order valence-electron chi connectivity index (χ1n) is 9.88. The molecular formula is C23H23N3O2S. The highest BCUT2D eigenvalue weighted by molar-refractivity contribution is 7.15. The molecule has 0 radical (unpaired) electrons. The molecule has 0 fully saturated rings. The molecule has 1 aliphatic carbocycles. The smallest absolute Gasteiger partial charge is 0.251 e. The number of aromatic nitrogens is 1. The Morgan fingerprint density at radius 2 is 1.66 bits per heavy atom. The summed E-state index contributed by atoms with van der Waals surface area (Å²) in [7, 11) is 0. The van der Waals surface area contributed by atoms with E-state index in [4.69, 9.17) is 0 Å². The average molecular weight is 406 g/mol. The first-order valence-corrected chi connectivity index (χ1v) is 10.7. The first-order chi connectivity index (χ1) is 14.2. The van der Waals surface area contributed by atoms with Gasteiger partial charge in [-0.15, -0.1) is 11.3 Å². The van der Waals surface area contributed by atoms with Crippen molar-refractivity contribution in [1.29, 1.82) is 0 Å². The van der Waals surface area contributed by atoms with Gasteiger partial charge in [-0.3, -0.25) is 9.59 Å². The van der Waals surface area contributed by atoms with Crippen LogP contribution >= 0.6 is 11.3 Å². The molecule has 2 amide bonds. The van der Waals surface area contributed by atoms with Crippen LogP contribution in [0.3, 0.4) is 0 Å². The summed E-state index contributed by atoms with van der Waals surface area (Å²) in [5.74, 6) is -0.352. The maximum atomic E-state index is 12.7. The van der Waals surface area contributed by atoms with E-state index in [0.29, 0.717) is 10.7 Å². The Kier molecular flexibility index (Phi) is 6.00. The summed E-state index contributed by atoms with van der Waals surface area (Å²) in [5, 5.41) is 6.58. The predicted octanol–water partition coefficient (Wildman–Crippen LogP) is 4.52. The van der Waals surface area contributed by atoms with E-state index in [9.17, 15) is 9.59 Å². The van der Waals surface area contributed by atoms with Gasteiger partial charge in [0.15, 0.2) is 5.13 Å². The Morgan fingerprint density at radius 1 is 0.966 bits per heavy atom. The quantitative estimate of drug-likeness (QED) is 0.633. The Balaban J connectivity index is 1.47. The van der Waals surface area contributed by atoms with Crippen LogP contribution in [0.1, 0.15) is 51.8 Å². The second kappa shape index (κ2) is 9.01. The third kappa shape index (κ3) is 4.90. The summed E-state index contributed by atoms with van der Waals surface area (Å²) in [5.41, 5.74) is 2.58. The molecule has 1 atom stereocenters. The third-order valence-corrected chi connectivity index (χ3v) is 6.10. The van der Waals surface area contributed by atoms with Gasteiger partial charge in [0.05, 0.1) is 18.2 Å². The minimum absolute atomic E-state index is 0.146. The van der Waals surface area contributed by atoms with Gasteiger partial charge in [-0.1, -0.05) is 48.5 Å². The highest BCUT2D eigenvalue weighted by Gasteiger charge is 2.21. The number of hydrogen-bond acceptors (Lipinski definition) is 4. The topological polar surface area (TPSA) is 71.1 Å². The van der Waals surface area contributed by atoms with E-state index in [-0.39, 0.29) is 18.2 Å². The van der Waals surface area contributed by atoms with Crippen molar-refractivity contribution in [2.75, 3.05) is 5.32 Å². The molecule has 0 bridgehead atoms. The van der Waals surface area contributed by atoms with Crippen molar-refractivity contribution >= 4 is 28.3 Å². The molecule has 6 heteroatoms. The highest BCUT2D eigenvalue weighted by atomic mass is 32.1. The molecule has 0 aliphatic heterocycles. The zero-order valence-corrected chi connectivity index (χ0v) is 16.9. The van der Waals surface area contributed by atoms with Crippen LogP contribution in [0, 0.1) is 0 Å². The second-order valence-corrected chi connectivity index (χ2v) is 8.23. The zero-order valence-electron chi connectivity index (χ0n) is 16.1. The average Bonchev–Trinajstić information content (AvgIpc) is 3.16. The number of nitrogens with zero attached hydrogens (tertiary/aromatic N) is 1. The van der Waals surface area contributed by atoms with Gasteiger partial charge in [0, 0.05) is 10.4 Å². The van der Waals surface area contributed by atoms with Crippen molar-refractivity contribution in [3.8, 4) is 0 Å². The van der Waals surface area contributed by atoms with Crippen LogP contribution < -0.4 is 10.6 Å². The molecule has 0 saturated carbocycles. The molecule has 2 aromatic carbocycles. The van der Waals surface area contributed by atoms with Crippen molar-refractivity contribution < 1.29 is 9.59 Å². The van der Waals surface area contributed by atoms with E-state index < -0.39 is 6.04 Å². The van der Waals surface area contributed by atoms with Crippen LogP contribution in [0.15, 0.2) is 60.7 Å². The number of anilines is 1. The largest absolute Gasteiger partial charge is 0.345 e. The van der Waals surface area contributed by atoms with Gasteiger partial charge in [-0.2, -0.15) is 0 Å². The molecule has 3 aromatic rings. The van der Waals surface area contributed by atoms with E-state index >= 15 is 0 Å². The van der Waals surface area contributed by atoms with Gasteiger partial charge in [0.2, 0.25) is 5.91 Å². The van der Waals surface area contributed by atoms with Crippen LogP contribution in [0.5, 0.6) is 0 Å². The molecule has 1 heterocycles. The molecule has 1 aromatic heterocycles. The van der Waals surface area contributed by atoms with Crippen molar-refractivity contribution in [3.05, 3.63) is 82.4 Å². The van der Waals surface area contributed by atoms with Gasteiger partial charge >= 0.3 is 0 Å². The van der Waals surface area contributed by atoms with E-state index in [2.05, 4.69) is 15.6 Å². The van der Waals surface area contributed by atoms with Crippen molar-refractivity contribution in [3.63, 3.8) is 0 Å². The monoisotopic (exact) mass is 405 g/mol. The molecule has 0 unspecified atom stereocenters. The lowest BCUT2D eigenvalue weighted by Gasteiger charge is -2.19. The second-order valence-electron chi connectivity index (χ2n) is 7.15. The summed E-state index contributed by atoms with van der Waals surface area (Å²) in [6.07, 6.45) is 4.52. The van der Waals surface area contributed by atoms with Crippen molar-refractivity contribution in [2.45, 2.75) is 38.1 Å². The Bertz CT molecular complexity index is 962. The predicted molar refractivity (Wildman–Crippen MR) is 115 cm³/mol. The van der Waals surface area contributed by atoms with Gasteiger partial charge in [0.1, 0.15) is 0 Å². The maximum Gasteiger partial charge on any atom is 0.251 e. The SMILES string of the molecule is O=C(C[C@H](NC(=O)c1ccccc1)c1ccccc1)Nc1nc2c(s1)CCCC2. The van der Waals surface area contributed by atoms with E-state index in [1.165, 1.54) is 11.3 Å². The van der Waals surface area contributed by atoms with Gasteiger partial charge in [-0.05, 0) is 43.4 Å². The van der Waals surface area contributed by atoms with Crippen LogP contribution in [0.25, 0.3) is 0 Å². The number of hydrogen-bond donors (Lipinski definition) is 2. The van der Waals surface area contributed by atoms with Crippen LogP contribution in [-0.4, -0.2) is 16.8 Å². The first kappa shape index (κ1) is 19.3. The summed E-state index contributed by atoms with van der Waals surface area (Å²) < 4.78 is 0. The lowest BCUT2D eigenvalue weighted by molar-refractivity contribution is -0.116. The normalized spacial score (nSPS) is 13.9. The molecule has 29 heavy (non-hydrogen) atoms. The number of aryl methyl sites for hydroxylation is 2. The standard InChI is InChI=1S/C23H23N3O2S/c27-21(26-23-25-18-13-7-8-14-20(18)29-23)15-19(16-9-3-1-4-10-16)24-22(28)17-11-5-2-6-12-17/h1-6,9-12,19H,7-8,13-15H2,(H,24,28)(H,25,26,27)/t19-/m0/s1. The third-order valence-electron chi connectivity index (χ3n) is 5.02. The van der Waals surface area contributed by atoms with E-state index in [0.717, 1.165) is 30.5 Å². The molecule has 1 aliphatic rings. The number of carbonyl (C=O) groups is 2. The van der Waals surface area contributed by atoms with E-state index in [1.807, 2.05) is 48.5 Å². The molecule has 4 rings (SSSR count). The Hall–Kier alpha value is -2.99. The summed E-state index contributed by atoms with van der Waals surface area (Å²) in [4.78, 5) is 31.2. The summed E-state index contributed by atoms with van der Waals surface area (Å²) in [6.45, 7) is 0. The molecule has 0 saturated heterocycles. The van der Waals surface area contributed by atoms with Crippen LogP contribution in [0.2, 0.25) is 0 Å². The fourth-order valence-electron chi connectivity index (χ4n) is 3.53. The zero-order chi connectivity index (χ0) is 20.1. The molecule has 0 spiro atoms. The van der Waals surface area contributed by atoms with Crippen molar-refractivity contribution in [2.24, 2.45) is 0 Å². The number of amides is 2. The van der Waals surface area contributed by atoms with Gasteiger partial charge in [0.25, 0.3) is 5.91 Å². The lowest BCUT2D eigenvalue weighted by Crippen LogP contribution is -2.31. The number of rotatable bonds is 6. The minimum atomic E-state index is -0.418. The Morgan fingerprint density at radius 3 is 2.38 bits per heavy atom. The molecule has 148 valence electrons. The van der Waals surface area contributed by atoms with E-state index in [1.54, 1.807) is 23.5 Å². The number of fused-ring (bicyclic) bond motifs is 1. The summed E-state index contributed by atoms with van der Waals surface area (Å²) >= 11 is 1.57. The number of benzene rings is 2. The van der Waals surface area contributed by atoms with Gasteiger partial charge < -0.3 is 10.6 Å². The maximum absolute atomic E-state index is 12.7. The number of thiazole rings is 1. The number of nitrogens with one attached hydrogen (secondary N) is 2. The number of carbonyl (C=O) groups excluding carboxylic acids is 2.